The van der Waals surface area contributed by atoms with Gasteiger partial charge >= 0.3 is 12.1 Å². The van der Waals surface area contributed by atoms with Gasteiger partial charge in [-0.25, -0.2) is 4.79 Å². The number of nitrogens with one attached hydrogen (secondary N) is 1. The van der Waals surface area contributed by atoms with Crippen molar-refractivity contribution in [2.24, 2.45) is 0 Å². The first-order valence-electron chi connectivity index (χ1n) is 8.48. The summed E-state index contributed by atoms with van der Waals surface area (Å²) in [5.41, 5.74) is 2.40. The van der Waals surface area contributed by atoms with E-state index in [0.717, 1.165) is 16.7 Å². The lowest BCUT2D eigenvalue weighted by atomic mass is 9.98. The first kappa shape index (κ1) is 20.7. The lowest BCUT2D eigenvalue weighted by Crippen LogP contribution is -2.35. The Labute approximate surface area is 163 Å². The van der Waals surface area contributed by atoms with Gasteiger partial charge in [-0.3, -0.25) is 9.78 Å². The number of benzene rings is 1. The lowest BCUT2D eigenvalue weighted by Gasteiger charge is -2.23. The fourth-order valence-electron chi connectivity index (χ4n) is 2.66. The van der Waals surface area contributed by atoms with Gasteiger partial charge in [0, 0.05) is 28.5 Å². The molecule has 1 heterocycles. The third-order valence-electron chi connectivity index (χ3n) is 3.74. The quantitative estimate of drug-likeness (QED) is 0.768. The molecule has 1 aromatic heterocycles. The Morgan fingerprint density at radius 2 is 2.00 bits per heavy atom. The maximum Gasteiger partial charge on any atom is 0.408 e. The number of carbonyl (C=O) groups excluding carboxylic acids is 1. The van der Waals surface area contributed by atoms with Crippen LogP contribution in [0, 0.1) is 6.92 Å². The van der Waals surface area contributed by atoms with Gasteiger partial charge < -0.3 is 15.2 Å². The molecule has 144 valence electrons. The predicted octanol–water partition coefficient (Wildman–Crippen LogP) is 4.75. The number of hydrogen-bond acceptors (Lipinski definition) is 4. The molecule has 1 aromatic carbocycles. The number of carboxylic acid groups (broad SMARTS) is 1. The highest BCUT2D eigenvalue weighted by Gasteiger charge is 2.23. The van der Waals surface area contributed by atoms with Crippen molar-refractivity contribution in [3.8, 4) is 11.1 Å². The predicted molar refractivity (Wildman–Crippen MR) is 104 cm³/mol. The van der Waals surface area contributed by atoms with E-state index in [-0.39, 0.29) is 6.42 Å². The highest BCUT2D eigenvalue weighted by atomic mass is 35.5. The standard InChI is InChI=1S/C20H23ClN2O4/c1-12-6-5-7-15(21)18(12)14-8-13(10-22-11-14)16(9-17(24)25)23-19(26)27-20(2,3)4/h5-8,10-11,16H,9H2,1-4H3,(H,23,26)(H,24,25). The van der Waals surface area contributed by atoms with Crippen LogP contribution in [-0.2, 0) is 9.53 Å². The minimum atomic E-state index is -1.05. The number of hydrogen-bond donors (Lipinski definition) is 2. The van der Waals surface area contributed by atoms with Gasteiger partial charge in [-0.2, -0.15) is 0 Å². The minimum Gasteiger partial charge on any atom is -0.481 e. The molecular formula is C20H23ClN2O4. The SMILES string of the molecule is Cc1cccc(Cl)c1-c1cncc(C(CC(=O)O)NC(=O)OC(C)(C)C)c1. The smallest absolute Gasteiger partial charge is 0.408 e. The molecule has 0 saturated heterocycles. The normalized spacial score (nSPS) is 12.3. The molecule has 0 radical (unpaired) electrons. The summed E-state index contributed by atoms with van der Waals surface area (Å²) < 4.78 is 5.24. The Morgan fingerprint density at radius 3 is 2.59 bits per heavy atom. The maximum absolute atomic E-state index is 12.1. The van der Waals surface area contributed by atoms with Crippen LogP contribution in [0.5, 0.6) is 0 Å². The zero-order valence-corrected chi connectivity index (χ0v) is 16.5. The largest absolute Gasteiger partial charge is 0.481 e. The van der Waals surface area contributed by atoms with E-state index in [4.69, 9.17) is 16.3 Å². The minimum absolute atomic E-state index is 0.300. The van der Waals surface area contributed by atoms with E-state index in [1.807, 2.05) is 19.1 Å². The van der Waals surface area contributed by atoms with E-state index in [1.54, 1.807) is 39.1 Å². The number of pyridine rings is 1. The molecule has 2 rings (SSSR count). The summed E-state index contributed by atoms with van der Waals surface area (Å²) in [6, 6.07) is 6.57. The van der Waals surface area contributed by atoms with Crippen LogP contribution >= 0.6 is 11.6 Å². The van der Waals surface area contributed by atoms with Crippen molar-refractivity contribution in [1.82, 2.24) is 10.3 Å². The lowest BCUT2D eigenvalue weighted by molar-refractivity contribution is -0.137. The molecule has 1 unspecified atom stereocenters. The van der Waals surface area contributed by atoms with Gasteiger partial charge in [0.25, 0.3) is 0 Å². The maximum atomic E-state index is 12.1. The van der Waals surface area contributed by atoms with Gasteiger partial charge in [-0.15, -0.1) is 0 Å². The van der Waals surface area contributed by atoms with Gasteiger partial charge in [0.05, 0.1) is 12.5 Å². The van der Waals surface area contributed by atoms with Crippen molar-refractivity contribution >= 4 is 23.7 Å². The van der Waals surface area contributed by atoms with E-state index in [9.17, 15) is 14.7 Å². The van der Waals surface area contributed by atoms with Crippen LogP contribution in [0.3, 0.4) is 0 Å². The summed E-state index contributed by atoms with van der Waals surface area (Å²) in [7, 11) is 0. The number of carbonyl (C=O) groups is 2. The molecule has 0 aliphatic rings. The molecule has 27 heavy (non-hydrogen) atoms. The fraction of sp³-hybridized carbons (Fsp3) is 0.350. The van der Waals surface area contributed by atoms with E-state index in [2.05, 4.69) is 10.3 Å². The number of aryl methyl sites for hydroxylation is 1. The number of ether oxygens (including phenoxy) is 1. The van der Waals surface area contributed by atoms with Crippen LogP contribution in [0.15, 0.2) is 36.7 Å². The Hall–Kier alpha value is -2.60. The molecule has 1 atom stereocenters. The highest BCUT2D eigenvalue weighted by molar-refractivity contribution is 6.33. The first-order chi connectivity index (χ1) is 12.6. The summed E-state index contributed by atoms with van der Waals surface area (Å²) in [4.78, 5) is 27.6. The second-order valence-electron chi connectivity index (χ2n) is 7.24. The summed E-state index contributed by atoms with van der Waals surface area (Å²) in [5, 5.41) is 12.4. The number of aromatic nitrogens is 1. The van der Waals surface area contributed by atoms with Crippen LogP contribution in [0.2, 0.25) is 5.02 Å². The molecule has 1 amide bonds. The molecule has 0 aliphatic carbocycles. The van der Waals surface area contributed by atoms with Gasteiger partial charge in [-0.05, 0) is 51.0 Å². The van der Waals surface area contributed by atoms with Crippen LogP contribution in [0.1, 0.15) is 44.4 Å². The van der Waals surface area contributed by atoms with Crippen LogP contribution in [0.25, 0.3) is 11.1 Å². The van der Waals surface area contributed by atoms with Crippen LogP contribution < -0.4 is 5.32 Å². The summed E-state index contributed by atoms with van der Waals surface area (Å²) in [6.45, 7) is 7.14. The van der Waals surface area contributed by atoms with Crippen molar-refractivity contribution in [1.29, 1.82) is 0 Å². The zero-order valence-electron chi connectivity index (χ0n) is 15.7. The highest BCUT2D eigenvalue weighted by Crippen LogP contribution is 2.32. The Morgan fingerprint density at radius 1 is 1.30 bits per heavy atom. The zero-order chi connectivity index (χ0) is 20.2. The Bertz CT molecular complexity index is 826. The van der Waals surface area contributed by atoms with Gasteiger partial charge in [0.15, 0.2) is 0 Å². The third kappa shape index (κ3) is 5.96. The van der Waals surface area contributed by atoms with Crippen molar-refractivity contribution in [3.63, 3.8) is 0 Å². The molecule has 0 spiro atoms. The number of rotatable bonds is 5. The monoisotopic (exact) mass is 390 g/mol. The van der Waals surface area contributed by atoms with Gasteiger partial charge in [-0.1, -0.05) is 23.7 Å². The Balaban J connectivity index is 2.36. The molecule has 2 N–H and O–H groups in total. The van der Waals surface area contributed by atoms with Crippen LogP contribution in [-0.4, -0.2) is 27.8 Å². The van der Waals surface area contributed by atoms with E-state index in [0.29, 0.717) is 10.6 Å². The molecule has 0 aliphatic heterocycles. The molecule has 0 fully saturated rings. The summed E-state index contributed by atoms with van der Waals surface area (Å²) >= 11 is 6.33. The average molecular weight is 391 g/mol. The van der Waals surface area contributed by atoms with Crippen molar-refractivity contribution < 1.29 is 19.4 Å². The number of halogens is 1. The number of amides is 1. The average Bonchev–Trinajstić information content (AvgIpc) is 2.52. The first-order valence-corrected chi connectivity index (χ1v) is 8.86. The third-order valence-corrected chi connectivity index (χ3v) is 4.06. The molecule has 6 nitrogen and oxygen atoms in total. The number of nitrogens with zero attached hydrogens (tertiary/aromatic N) is 1. The second-order valence-corrected chi connectivity index (χ2v) is 7.64. The van der Waals surface area contributed by atoms with Crippen LogP contribution in [0.4, 0.5) is 4.79 Å². The van der Waals surface area contributed by atoms with E-state index < -0.39 is 23.7 Å². The summed E-state index contributed by atoms with van der Waals surface area (Å²) in [6.07, 6.45) is 2.20. The van der Waals surface area contributed by atoms with Crippen molar-refractivity contribution in [3.05, 3.63) is 52.8 Å². The molecule has 0 saturated carbocycles. The number of aliphatic carboxylic acids is 1. The Kier molecular flexibility index (Phi) is 6.44. The molecule has 0 bridgehead atoms. The van der Waals surface area contributed by atoms with E-state index in [1.165, 1.54) is 6.20 Å². The van der Waals surface area contributed by atoms with Crippen molar-refractivity contribution in [2.75, 3.05) is 0 Å². The van der Waals surface area contributed by atoms with Gasteiger partial charge in [0.2, 0.25) is 0 Å². The fourth-order valence-corrected chi connectivity index (χ4v) is 2.99. The van der Waals surface area contributed by atoms with E-state index >= 15 is 0 Å². The second kappa shape index (κ2) is 8.39. The summed E-state index contributed by atoms with van der Waals surface area (Å²) in [5.74, 6) is -1.05. The number of carboxylic acids is 1. The van der Waals surface area contributed by atoms with Gasteiger partial charge in [0.1, 0.15) is 5.60 Å². The van der Waals surface area contributed by atoms with Crippen molar-refractivity contribution in [2.45, 2.75) is 45.8 Å². The molecule has 7 heteroatoms. The molecular weight excluding hydrogens is 368 g/mol. The molecule has 2 aromatic rings. The topological polar surface area (TPSA) is 88.5 Å². The number of alkyl carbamates (subject to hydrolysis) is 1.